The molecule has 1 fully saturated rings. The SMILES string of the molecule is C=CC=CC(N)=Nc1ccc2[nH]cc(C3CCCC(C)C3)c2c1. The van der Waals surface area contributed by atoms with Crippen LogP contribution in [0.25, 0.3) is 10.9 Å². The molecule has 1 saturated carbocycles. The number of H-pyrrole nitrogens is 1. The van der Waals surface area contributed by atoms with Crippen LogP contribution in [0.3, 0.4) is 0 Å². The summed E-state index contributed by atoms with van der Waals surface area (Å²) in [5.74, 6) is 1.97. The van der Waals surface area contributed by atoms with E-state index in [4.69, 9.17) is 5.73 Å². The van der Waals surface area contributed by atoms with Crippen LogP contribution in [-0.4, -0.2) is 10.8 Å². The molecular formula is C20H25N3. The number of allylic oxidation sites excluding steroid dienone is 2. The van der Waals surface area contributed by atoms with E-state index in [2.05, 4.69) is 41.8 Å². The number of nitrogens with two attached hydrogens (primary N) is 1. The molecule has 0 bridgehead atoms. The Morgan fingerprint density at radius 1 is 1.39 bits per heavy atom. The first-order valence-corrected chi connectivity index (χ1v) is 8.41. The summed E-state index contributed by atoms with van der Waals surface area (Å²) in [6.07, 6.45) is 12.7. The monoisotopic (exact) mass is 307 g/mol. The van der Waals surface area contributed by atoms with Gasteiger partial charge >= 0.3 is 0 Å². The second-order valence-corrected chi connectivity index (χ2v) is 6.57. The Bertz CT molecular complexity index is 751. The van der Waals surface area contributed by atoms with E-state index in [1.54, 1.807) is 18.2 Å². The fourth-order valence-electron chi connectivity index (χ4n) is 3.61. The third-order valence-electron chi connectivity index (χ3n) is 4.73. The van der Waals surface area contributed by atoms with Gasteiger partial charge in [0.25, 0.3) is 0 Å². The summed E-state index contributed by atoms with van der Waals surface area (Å²) in [6, 6.07) is 6.24. The number of fused-ring (bicyclic) bond motifs is 1. The Labute approximate surface area is 138 Å². The average Bonchev–Trinajstić information content (AvgIpc) is 2.96. The molecule has 0 aliphatic heterocycles. The summed E-state index contributed by atoms with van der Waals surface area (Å²) in [6.45, 7) is 6.01. The van der Waals surface area contributed by atoms with Gasteiger partial charge in [0, 0.05) is 17.1 Å². The molecule has 0 amide bonds. The zero-order valence-electron chi connectivity index (χ0n) is 13.8. The van der Waals surface area contributed by atoms with Crippen LogP contribution < -0.4 is 5.73 Å². The second-order valence-electron chi connectivity index (χ2n) is 6.57. The van der Waals surface area contributed by atoms with Crippen molar-refractivity contribution in [3.63, 3.8) is 0 Å². The highest BCUT2D eigenvalue weighted by Crippen LogP contribution is 2.39. The first kappa shape index (κ1) is 15.6. The zero-order chi connectivity index (χ0) is 16.2. The third-order valence-corrected chi connectivity index (χ3v) is 4.73. The van der Waals surface area contributed by atoms with Crippen LogP contribution in [0.15, 0.2) is 54.2 Å². The third kappa shape index (κ3) is 3.55. The molecule has 3 N–H and O–H groups in total. The molecule has 0 spiro atoms. The molecule has 1 aliphatic rings. The van der Waals surface area contributed by atoms with Crippen molar-refractivity contribution in [2.75, 3.05) is 0 Å². The van der Waals surface area contributed by atoms with Gasteiger partial charge in [-0.1, -0.05) is 38.5 Å². The Hall–Kier alpha value is -2.29. The lowest BCUT2D eigenvalue weighted by Gasteiger charge is -2.26. The summed E-state index contributed by atoms with van der Waals surface area (Å²) in [4.78, 5) is 7.88. The largest absolute Gasteiger partial charge is 0.384 e. The Balaban J connectivity index is 1.93. The van der Waals surface area contributed by atoms with Crippen LogP contribution in [0.2, 0.25) is 0 Å². The number of hydrogen-bond donors (Lipinski definition) is 2. The van der Waals surface area contributed by atoms with E-state index < -0.39 is 0 Å². The number of nitrogens with zero attached hydrogens (tertiary/aromatic N) is 1. The van der Waals surface area contributed by atoms with Crippen LogP contribution in [0.5, 0.6) is 0 Å². The summed E-state index contributed by atoms with van der Waals surface area (Å²) >= 11 is 0. The minimum atomic E-state index is 0.493. The van der Waals surface area contributed by atoms with Crippen molar-refractivity contribution < 1.29 is 0 Å². The molecule has 0 radical (unpaired) electrons. The maximum Gasteiger partial charge on any atom is 0.124 e. The Morgan fingerprint density at radius 2 is 2.26 bits per heavy atom. The van der Waals surface area contributed by atoms with E-state index in [9.17, 15) is 0 Å². The van der Waals surface area contributed by atoms with Crippen molar-refractivity contribution in [1.82, 2.24) is 4.98 Å². The van der Waals surface area contributed by atoms with Crippen molar-refractivity contribution in [2.24, 2.45) is 16.6 Å². The fourth-order valence-corrected chi connectivity index (χ4v) is 3.61. The van der Waals surface area contributed by atoms with E-state index in [-0.39, 0.29) is 0 Å². The van der Waals surface area contributed by atoms with Crippen molar-refractivity contribution in [3.8, 4) is 0 Å². The highest BCUT2D eigenvalue weighted by atomic mass is 14.8. The number of rotatable bonds is 4. The number of aromatic amines is 1. The smallest absolute Gasteiger partial charge is 0.124 e. The van der Waals surface area contributed by atoms with Crippen LogP contribution in [0.4, 0.5) is 5.69 Å². The Morgan fingerprint density at radius 3 is 3.04 bits per heavy atom. The van der Waals surface area contributed by atoms with Gasteiger partial charge in [0.2, 0.25) is 0 Å². The van der Waals surface area contributed by atoms with Crippen LogP contribution in [-0.2, 0) is 0 Å². The molecule has 3 nitrogen and oxygen atoms in total. The molecular weight excluding hydrogens is 282 g/mol. The lowest BCUT2D eigenvalue weighted by atomic mass is 9.79. The van der Waals surface area contributed by atoms with Gasteiger partial charge in [-0.05, 0) is 54.5 Å². The van der Waals surface area contributed by atoms with Crippen molar-refractivity contribution in [2.45, 2.75) is 38.5 Å². The molecule has 2 unspecified atom stereocenters. The van der Waals surface area contributed by atoms with Gasteiger partial charge in [0.15, 0.2) is 0 Å². The molecule has 3 heteroatoms. The Kier molecular flexibility index (Phi) is 4.65. The van der Waals surface area contributed by atoms with Gasteiger partial charge in [0.1, 0.15) is 5.84 Å². The lowest BCUT2D eigenvalue weighted by molar-refractivity contribution is 0.345. The van der Waals surface area contributed by atoms with E-state index in [0.717, 1.165) is 11.6 Å². The predicted molar refractivity (Wildman–Crippen MR) is 99.3 cm³/mol. The van der Waals surface area contributed by atoms with Gasteiger partial charge in [-0.15, -0.1) is 0 Å². The molecule has 1 aromatic carbocycles. The normalized spacial score (nSPS) is 22.7. The van der Waals surface area contributed by atoms with E-state index in [0.29, 0.717) is 11.8 Å². The number of aromatic nitrogens is 1. The summed E-state index contributed by atoms with van der Waals surface area (Å²) in [7, 11) is 0. The van der Waals surface area contributed by atoms with Crippen molar-refractivity contribution >= 4 is 22.4 Å². The van der Waals surface area contributed by atoms with Crippen LogP contribution >= 0.6 is 0 Å². The fraction of sp³-hybridized carbons (Fsp3) is 0.350. The highest BCUT2D eigenvalue weighted by molar-refractivity contribution is 5.95. The molecule has 120 valence electrons. The molecule has 0 saturated heterocycles. The van der Waals surface area contributed by atoms with E-state index in [1.807, 2.05) is 6.07 Å². The van der Waals surface area contributed by atoms with E-state index in [1.165, 1.54) is 42.1 Å². The van der Waals surface area contributed by atoms with Gasteiger partial charge in [0.05, 0.1) is 5.69 Å². The van der Waals surface area contributed by atoms with Gasteiger partial charge < -0.3 is 10.7 Å². The minimum absolute atomic E-state index is 0.493. The first-order chi connectivity index (χ1) is 11.2. The lowest BCUT2D eigenvalue weighted by Crippen LogP contribution is -2.11. The number of nitrogens with one attached hydrogen (secondary N) is 1. The zero-order valence-corrected chi connectivity index (χ0v) is 13.8. The number of amidine groups is 1. The quantitative estimate of drug-likeness (QED) is 0.455. The van der Waals surface area contributed by atoms with Gasteiger partial charge in [-0.3, -0.25) is 0 Å². The van der Waals surface area contributed by atoms with E-state index >= 15 is 0 Å². The van der Waals surface area contributed by atoms with Gasteiger partial charge in [-0.25, -0.2) is 4.99 Å². The highest BCUT2D eigenvalue weighted by Gasteiger charge is 2.22. The maximum absolute atomic E-state index is 5.92. The standard InChI is InChI=1S/C20H25N3/c1-3-4-8-20(21)23-16-9-10-19-17(12-16)18(13-22-19)15-7-5-6-14(2)11-15/h3-4,8-10,12-15,22H,1,5-7,11H2,2H3,(H2,21,23). The topological polar surface area (TPSA) is 54.2 Å². The molecule has 1 heterocycles. The summed E-state index contributed by atoms with van der Waals surface area (Å²) < 4.78 is 0. The average molecular weight is 307 g/mol. The van der Waals surface area contributed by atoms with Crippen molar-refractivity contribution in [1.29, 1.82) is 0 Å². The van der Waals surface area contributed by atoms with Gasteiger partial charge in [-0.2, -0.15) is 0 Å². The maximum atomic E-state index is 5.92. The second kappa shape index (κ2) is 6.86. The molecule has 23 heavy (non-hydrogen) atoms. The molecule has 3 rings (SSSR count). The van der Waals surface area contributed by atoms with Crippen molar-refractivity contribution in [3.05, 3.63) is 54.8 Å². The summed E-state index contributed by atoms with van der Waals surface area (Å²) in [5.41, 5.74) is 9.43. The predicted octanol–water partition coefficient (Wildman–Crippen LogP) is 5.19. The number of hydrogen-bond acceptors (Lipinski definition) is 1. The molecule has 2 aromatic rings. The molecule has 2 atom stereocenters. The number of aliphatic imine (C=N–C) groups is 1. The molecule has 1 aromatic heterocycles. The summed E-state index contributed by atoms with van der Waals surface area (Å²) in [5, 5.41) is 1.28. The minimum Gasteiger partial charge on any atom is -0.384 e. The molecule has 1 aliphatic carbocycles. The first-order valence-electron chi connectivity index (χ1n) is 8.41. The van der Waals surface area contributed by atoms with Crippen LogP contribution in [0.1, 0.15) is 44.1 Å². The number of benzene rings is 1. The van der Waals surface area contributed by atoms with Crippen LogP contribution in [0, 0.1) is 5.92 Å².